The largest absolute Gasteiger partial charge is 0.322 e. The third kappa shape index (κ3) is 4.15. The first kappa shape index (κ1) is 19.5. The third-order valence-electron chi connectivity index (χ3n) is 4.01. The van der Waals surface area contributed by atoms with E-state index >= 15 is 0 Å². The maximum Gasteiger partial charge on any atom is 0.257 e. The molecule has 1 fully saturated rings. The molecule has 0 radical (unpaired) electrons. The van der Waals surface area contributed by atoms with Crippen LogP contribution in [0, 0.1) is 0 Å². The number of benzene rings is 2. The Kier molecular flexibility index (Phi) is 5.79. The maximum atomic E-state index is 12.7. The van der Waals surface area contributed by atoms with Crippen molar-refractivity contribution >= 4 is 56.4 Å². The zero-order chi connectivity index (χ0) is 18.9. The van der Waals surface area contributed by atoms with Gasteiger partial charge in [-0.1, -0.05) is 34.8 Å². The van der Waals surface area contributed by atoms with Crippen LogP contribution in [0.3, 0.4) is 0 Å². The summed E-state index contributed by atoms with van der Waals surface area (Å²) in [5.41, 5.74) is 0.444. The van der Waals surface area contributed by atoms with Gasteiger partial charge in [-0.15, -0.1) is 0 Å². The van der Waals surface area contributed by atoms with Gasteiger partial charge in [-0.05, 0) is 49.2 Å². The van der Waals surface area contributed by atoms with Crippen molar-refractivity contribution in [3.05, 3.63) is 57.0 Å². The monoisotopic (exact) mass is 432 g/mol. The summed E-state index contributed by atoms with van der Waals surface area (Å²) in [6, 6.07) is 8.70. The van der Waals surface area contributed by atoms with E-state index < -0.39 is 15.9 Å². The number of carbonyl (C=O) groups is 1. The van der Waals surface area contributed by atoms with Crippen LogP contribution in [-0.4, -0.2) is 31.7 Å². The Labute approximate surface area is 166 Å². The van der Waals surface area contributed by atoms with Gasteiger partial charge in [0.2, 0.25) is 10.0 Å². The van der Waals surface area contributed by atoms with Crippen molar-refractivity contribution in [1.29, 1.82) is 0 Å². The molecule has 3 rings (SSSR count). The highest BCUT2D eigenvalue weighted by Crippen LogP contribution is 2.27. The number of carbonyl (C=O) groups excluding carboxylic acids is 1. The number of rotatable bonds is 4. The molecule has 0 aromatic heterocycles. The van der Waals surface area contributed by atoms with E-state index in [1.807, 2.05) is 0 Å². The van der Waals surface area contributed by atoms with Crippen LogP contribution in [0.4, 0.5) is 5.69 Å². The van der Waals surface area contributed by atoms with E-state index in [0.717, 1.165) is 12.8 Å². The van der Waals surface area contributed by atoms with Gasteiger partial charge in [0.15, 0.2) is 0 Å². The van der Waals surface area contributed by atoms with Crippen molar-refractivity contribution in [2.75, 3.05) is 18.4 Å². The fourth-order valence-corrected chi connectivity index (χ4v) is 5.01. The zero-order valence-corrected chi connectivity index (χ0v) is 16.6. The van der Waals surface area contributed by atoms with Gasteiger partial charge in [-0.2, -0.15) is 4.31 Å². The number of nitrogens with zero attached hydrogens (tertiary/aromatic N) is 1. The Morgan fingerprint density at radius 3 is 2.19 bits per heavy atom. The van der Waals surface area contributed by atoms with Crippen LogP contribution < -0.4 is 5.32 Å². The Morgan fingerprint density at radius 2 is 1.58 bits per heavy atom. The number of nitrogens with one attached hydrogen (secondary N) is 1. The molecule has 0 atom stereocenters. The van der Waals surface area contributed by atoms with Crippen molar-refractivity contribution in [3.63, 3.8) is 0 Å². The van der Waals surface area contributed by atoms with Crippen LogP contribution >= 0.6 is 34.8 Å². The van der Waals surface area contributed by atoms with Gasteiger partial charge in [0, 0.05) is 28.8 Å². The second kappa shape index (κ2) is 7.74. The molecule has 1 heterocycles. The van der Waals surface area contributed by atoms with Gasteiger partial charge in [0.1, 0.15) is 0 Å². The van der Waals surface area contributed by atoms with E-state index in [9.17, 15) is 13.2 Å². The van der Waals surface area contributed by atoms with Crippen LogP contribution in [0.15, 0.2) is 41.3 Å². The summed E-state index contributed by atoms with van der Waals surface area (Å²) in [5, 5.41) is 3.51. The highest BCUT2D eigenvalue weighted by atomic mass is 35.5. The van der Waals surface area contributed by atoms with E-state index in [4.69, 9.17) is 34.8 Å². The van der Waals surface area contributed by atoms with E-state index in [1.54, 1.807) is 0 Å². The van der Waals surface area contributed by atoms with Gasteiger partial charge in [0.25, 0.3) is 5.91 Å². The molecular weight excluding hydrogens is 419 g/mol. The molecule has 0 bridgehead atoms. The normalized spacial score (nSPS) is 15.2. The summed E-state index contributed by atoms with van der Waals surface area (Å²) in [6.45, 7) is 0.959. The summed E-state index contributed by atoms with van der Waals surface area (Å²) >= 11 is 18.0. The van der Waals surface area contributed by atoms with Crippen molar-refractivity contribution < 1.29 is 13.2 Å². The summed E-state index contributed by atoms with van der Waals surface area (Å²) in [6.07, 6.45) is 1.66. The quantitative estimate of drug-likeness (QED) is 0.761. The molecule has 1 amide bonds. The molecule has 0 saturated carbocycles. The SMILES string of the molecule is O=C(Nc1cc(Cl)cc(Cl)c1)c1cc(S(=O)(=O)N2CCCC2)ccc1Cl. The van der Waals surface area contributed by atoms with Gasteiger partial charge in [-0.25, -0.2) is 8.42 Å². The van der Waals surface area contributed by atoms with Crippen LogP contribution in [0.5, 0.6) is 0 Å². The standard InChI is InChI=1S/C17H15Cl3N2O3S/c18-11-7-12(19)9-13(8-11)21-17(23)15-10-14(3-4-16(15)20)26(24,25)22-5-1-2-6-22/h3-4,7-10H,1-2,5-6H2,(H,21,23). The molecule has 26 heavy (non-hydrogen) atoms. The minimum Gasteiger partial charge on any atom is -0.322 e. The summed E-state index contributed by atoms with van der Waals surface area (Å²) in [4.78, 5) is 12.6. The fraction of sp³-hybridized carbons (Fsp3) is 0.235. The summed E-state index contributed by atoms with van der Waals surface area (Å²) in [5.74, 6) is -0.549. The topological polar surface area (TPSA) is 66.5 Å². The molecular formula is C17H15Cl3N2O3S. The van der Waals surface area contributed by atoms with E-state index in [2.05, 4.69) is 5.32 Å². The van der Waals surface area contributed by atoms with Crippen LogP contribution in [0.1, 0.15) is 23.2 Å². The van der Waals surface area contributed by atoms with Crippen molar-refractivity contribution in [2.24, 2.45) is 0 Å². The summed E-state index contributed by atoms with van der Waals surface area (Å²) in [7, 11) is -3.65. The average Bonchev–Trinajstić information content (AvgIpc) is 3.09. The minimum atomic E-state index is -3.65. The fourth-order valence-electron chi connectivity index (χ4n) is 2.74. The number of hydrogen-bond donors (Lipinski definition) is 1. The third-order valence-corrected chi connectivity index (χ3v) is 6.67. The molecule has 0 unspecified atom stereocenters. The molecule has 1 aliphatic rings. The van der Waals surface area contributed by atoms with E-state index in [0.29, 0.717) is 28.8 Å². The second-order valence-electron chi connectivity index (χ2n) is 5.87. The van der Waals surface area contributed by atoms with Crippen LogP contribution in [0.2, 0.25) is 15.1 Å². The highest BCUT2D eigenvalue weighted by molar-refractivity contribution is 7.89. The first-order chi connectivity index (χ1) is 12.3. The maximum absolute atomic E-state index is 12.7. The van der Waals surface area contributed by atoms with Gasteiger partial charge in [0.05, 0.1) is 15.5 Å². The summed E-state index contributed by atoms with van der Waals surface area (Å²) < 4.78 is 26.8. The first-order valence-electron chi connectivity index (χ1n) is 7.84. The van der Waals surface area contributed by atoms with E-state index in [-0.39, 0.29) is 15.5 Å². The number of sulfonamides is 1. The lowest BCUT2D eigenvalue weighted by molar-refractivity contribution is 0.102. The average molecular weight is 434 g/mol. The lowest BCUT2D eigenvalue weighted by Gasteiger charge is -2.16. The first-order valence-corrected chi connectivity index (χ1v) is 10.4. The van der Waals surface area contributed by atoms with Crippen LogP contribution in [0.25, 0.3) is 0 Å². The van der Waals surface area contributed by atoms with E-state index in [1.165, 1.54) is 40.7 Å². The number of halogens is 3. The predicted molar refractivity (Wildman–Crippen MR) is 104 cm³/mol. The van der Waals surface area contributed by atoms with Crippen molar-refractivity contribution in [2.45, 2.75) is 17.7 Å². The Balaban J connectivity index is 1.91. The lowest BCUT2D eigenvalue weighted by atomic mass is 10.2. The molecule has 2 aromatic carbocycles. The molecule has 9 heteroatoms. The van der Waals surface area contributed by atoms with Crippen molar-refractivity contribution in [1.82, 2.24) is 4.31 Å². The van der Waals surface area contributed by atoms with Gasteiger partial charge < -0.3 is 5.32 Å². The Hall–Kier alpha value is -1.31. The smallest absolute Gasteiger partial charge is 0.257 e. The molecule has 2 aromatic rings. The number of hydrogen-bond acceptors (Lipinski definition) is 3. The zero-order valence-electron chi connectivity index (χ0n) is 13.5. The second-order valence-corrected chi connectivity index (χ2v) is 9.08. The number of anilines is 1. The molecule has 138 valence electrons. The number of amides is 1. The van der Waals surface area contributed by atoms with Gasteiger partial charge in [-0.3, -0.25) is 4.79 Å². The molecule has 1 N–H and O–H groups in total. The van der Waals surface area contributed by atoms with Crippen LogP contribution in [-0.2, 0) is 10.0 Å². The molecule has 5 nitrogen and oxygen atoms in total. The lowest BCUT2D eigenvalue weighted by Crippen LogP contribution is -2.28. The Bertz CT molecular complexity index is 937. The Morgan fingerprint density at radius 1 is 0.962 bits per heavy atom. The highest BCUT2D eigenvalue weighted by Gasteiger charge is 2.28. The van der Waals surface area contributed by atoms with Gasteiger partial charge >= 0.3 is 0 Å². The predicted octanol–water partition coefficient (Wildman–Crippen LogP) is 4.68. The minimum absolute atomic E-state index is 0.0399. The van der Waals surface area contributed by atoms with Crippen molar-refractivity contribution in [3.8, 4) is 0 Å². The molecule has 1 saturated heterocycles. The molecule has 1 aliphatic heterocycles. The molecule has 0 spiro atoms. The molecule has 0 aliphatic carbocycles.